The number of hydrogen-bond donors (Lipinski definition) is 2. The lowest BCUT2D eigenvalue weighted by Crippen LogP contribution is -2.12. The summed E-state index contributed by atoms with van der Waals surface area (Å²) in [6, 6.07) is 14.0. The van der Waals surface area contributed by atoms with E-state index in [9.17, 15) is 10.2 Å². The molecule has 0 amide bonds. The number of phenolic OH excluding ortho intramolecular Hbond substituents is 1. The molecule has 110 valence electrons. The highest BCUT2D eigenvalue weighted by molar-refractivity contribution is 5.84. The molecule has 0 saturated heterocycles. The van der Waals surface area contributed by atoms with Gasteiger partial charge < -0.3 is 14.9 Å². The molecule has 2 N–H and O–H groups in total. The van der Waals surface area contributed by atoms with Crippen LogP contribution >= 0.6 is 0 Å². The number of nitrogens with zero attached hydrogens (tertiary/aromatic N) is 1. The van der Waals surface area contributed by atoms with E-state index in [0.29, 0.717) is 11.3 Å². The average Bonchev–Trinajstić information content (AvgIpc) is 2.54. The largest absolute Gasteiger partial charge is 0.507 e. The maximum absolute atomic E-state index is 10.2. The third-order valence-electron chi connectivity index (χ3n) is 3.28. The minimum Gasteiger partial charge on any atom is -0.507 e. The van der Waals surface area contributed by atoms with Gasteiger partial charge in [0.1, 0.15) is 17.6 Å². The fourth-order valence-corrected chi connectivity index (χ4v) is 1.97. The molecule has 0 saturated carbocycles. The number of aliphatic imine (C=N–C) groups is 1. The second-order valence-electron chi connectivity index (χ2n) is 4.80. The Hall–Kier alpha value is -2.33. The van der Waals surface area contributed by atoms with Gasteiger partial charge in [0.2, 0.25) is 0 Å². The van der Waals surface area contributed by atoms with Crippen molar-refractivity contribution in [1.29, 1.82) is 0 Å². The lowest BCUT2D eigenvalue weighted by Gasteiger charge is -2.15. The first kappa shape index (κ1) is 15.1. The summed E-state index contributed by atoms with van der Waals surface area (Å²) in [5, 5.41) is 20.0. The van der Waals surface area contributed by atoms with Gasteiger partial charge in [0.05, 0.1) is 13.2 Å². The van der Waals surface area contributed by atoms with E-state index in [1.165, 1.54) is 0 Å². The lowest BCUT2D eigenvalue weighted by atomic mass is 10.0. The molecule has 0 aliphatic rings. The van der Waals surface area contributed by atoms with Gasteiger partial charge >= 0.3 is 0 Å². The normalized spacial score (nSPS) is 14.0. The van der Waals surface area contributed by atoms with Crippen molar-refractivity contribution in [2.24, 2.45) is 4.99 Å². The number of methoxy groups -OCH3 is 1. The number of ether oxygens (including phenoxy) is 1. The first-order valence-electron chi connectivity index (χ1n) is 6.75. The predicted molar refractivity (Wildman–Crippen MR) is 83.1 cm³/mol. The van der Waals surface area contributed by atoms with Crippen LogP contribution in [-0.2, 0) is 0 Å². The van der Waals surface area contributed by atoms with Crippen LogP contribution < -0.4 is 4.74 Å². The number of aliphatic hydroxyl groups is 1. The van der Waals surface area contributed by atoms with Gasteiger partial charge in [-0.25, -0.2) is 0 Å². The summed E-state index contributed by atoms with van der Waals surface area (Å²) in [5.74, 6) is 0.770. The fraction of sp³-hybridized carbons (Fsp3) is 0.235. The van der Waals surface area contributed by atoms with Crippen LogP contribution in [0.3, 0.4) is 0 Å². The standard InChI is InChI=1S/C17H19NO3/c1-12(17(20)13-6-4-3-5-7-13)18-11-14-10-15(21-2)8-9-16(14)19/h3-12,17,19-20H,1-2H3/t12-,17-/m1/s1. The van der Waals surface area contributed by atoms with Crippen molar-refractivity contribution < 1.29 is 14.9 Å². The van der Waals surface area contributed by atoms with Gasteiger partial charge in [0.15, 0.2) is 0 Å². The highest BCUT2D eigenvalue weighted by Gasteiger charge is 2.14. The molecule has 2 aromatic carbocycles. The summed E-state index contributed by atoms with van der Waals surface area (Å²) in [6.45, 7) is 1.82. The van der Waals surface area contributed by atoms with E-state index in [-0.39, 0.29) is 11.8 Å². The predicted octanol–water partition coefficient (Wildman–Crippen LogP) is 2.94. The summed E-state index contributed by atoms with van der Waals surface area (Å²) in [7, 11) is 1.56. The first-order chi connectivity index (χ1) is 10.1. The number of aliphatic hydroxyl groups excluding tert-OH is 1. The molecule has 21 heavy (non-hydrogen) atoms. The molecule has 2 aromatic rings. The molecule has 2 atom stereocenters. The van der Waals surface area contributed by atoms with Crippen LogP contribution in [0.4, 0.5) is 0 Å². The Balaban J connectivity index is 2.13. The molecule has 0 spiro atoms. The Morgan fingerprint density at radius 2 is 1.86 bits per heavy atom. The van der Waals surface area contributed by atoms with Gasteiger partial charge in [0.25, 0.3) is 0 Å². The third-order valence-corrected chi connectivity index (χ3v) is 3.28. The molecule has 0 unspecified atom stereocenters. The van der Waals surface area contributed by atoms with E-state index >= 15 is 0 Å². The minimum atomic E-state index is -0.685. The van der Waals surface area contributed by atoms with Crippen LogP contribution in [0.15, 0.2) is 53.5 Å². The van der Waals surface area contributed by atoms with Crippen molar-refractivity contribution in [2.45, 2.75) is 19.1 Å². The molecule has 0 aliphatic carbocycles. The van der Waals surface area contributed by atoms with Crippen LogP contribution in [-0.4, -0.2) is 29.6 Å². The zero-order valence-corrected chi connectivity index (χ0v) is 12.1. The molecule has 0 aromatic heterocycles. The lowest BCUT2D eigenvalue weighted by molar-refractivity contribution is 0.154. The van der Waals surface area contributed by atoms with Crippen LogP contribution in [0.5, 0.6) is 11.5 Å². The second kappa shape index (κ2) is 6.90. The topological polar surface area (TPSA) is 62.0 Å². The number of rotatable bonds is 5. The summed E-state index contributed by atoms with van der Waals surface area (Å²) >= 11 is 0. The van der Waals surface area contributed by atoms with Gasteiger partial charge in [-0.15, -0.1) is 0 Å². The monoisotopic (exact) mass is 285 g/mol. The molecular weight excluding hydrogens is 266 g/mol. The van der Waals surface area contributed by atoms with E-state index < -0.39 is 6.10 Å². The van der Waals surface area contributed by atoms with Crippen molar-refractivity contribution in [1.82, 2.24) is 0 Å². The van der Waals surface area contributed by atoms with Crippen LogP contribution in [0, 0.1) is 0 Å². The summed E-state index contributed by atoms with van der Waals surface area (Å²) in [6.07, 6.45) is 0.865. The Bertz CT molecular complexity index is 611. The molecule has 0 radical (unpaired) electrons. The van der Waals surface area contributed by atoms with Gasteiger partial charge in [-0.3, -0.25) is 4.99 Å². The van der Waals surface area contributed by atoms with Gasteiger partial charge in [-0.05, 0) is 30.7 Å². The average molecular weight is 285 g/mol. The van der Waals surface area contributed by atoms with E-state index in [0.717, 1.165) is 5.56 Å². The number of hydrogen-bond acceptors (Lipinski definition) is 4. The van der Waals surface area contributed by atoms with E-state index in [2.05, 4.69) is 4.99 Å². The molecular formula is C17H19NO3. The minimum absolute atomic E-state index is 0.126. The van der Waals surface area contributed by atoms with E-state index in [4.69, 9.17) is 4.74 Å². The fourth-order valence-electron chi connectivity index (χ4n) is 1.97. The first-order valence-corrected chi connectivity index (χ1v) is 6.75. The van der Waals surface area contributed by atoms with Crippen LogP contribution in [0.1, 0.15) is 24.2 Å². The summed E-state index contributed by atoms with van der Waals surface area (Å²) in [5.41, 5.74) is 1.37. The zero-order chi connectivity index (χ0) is 15.2. The smallest absolute Gasteiger partial charge is 0.124 e. The number of benzene rings is 2. The Labute approximate surface area is 124 Å². The van der Waals surface area contributed by atoms with Crippen molar-refractivity contribution >= 4 is 6.21 Å². The van der Waals surface area contributed by atoms with E-state index in [1.54, 1.807) is 31.5 Å². The third kappa shape index (κ3) is 3.83. The Morgan fingerprint density at radius 3 is 2.52 bits per heavy atom. The van der Waals surface area contributed by atoms with Crippen LogP contribution in [0.2, 0.25) is 0 Å². The maximum atomic E-state index is 10.2. The van der Waals surface area contributed by atoms with Crippen LogP contribution in [0.25, 0.3) is 0 Å². The molecule has 4 heteroatoms. The summed E-state index contributed by atoms with van der Waals surface area (Å²) in [4.78, 5) is 4.32. The maximum Gasteiger partial charge on any atom is 0.124 e. The number of aromatic hydroxyl groups is 1. The SMILES string of the molecule is COc1ccc(O)c(C=N[C@H](C)[C@@H](O)c2ccccc2)c1. The van der Waals surface area contributed by atoms with Crippen molar-refractivity contribution in [3.05, 3.63) is 59.7 Å². The quantitative estimate of drug-likeness (QED) is 0.830. The Morgan fingerprint density at radius 1 is 1.14 bits per heavy atom. The molecule has 0 aliphatic heterocycles. The van der Waals surface area contributed by atoms with Crippen molar-refractivity contribution in [3.8, 4) is 11.5 Å². The molecule has 2 rings (SSSR count). The molecule has 0 fully saturated rings. The Kier molecular flexibility index (Phi) is 4.95. The number of phenols is 1. The second-order valence-corrected chi connectivity index (χ2v) is 4.80. The summed E-state index contributed by atoms with van der Waals surface area (Å²) < 4.78 is 5.11. The van der Waals surface area contributed by atoms with Gasteiger partial charge in [-0.2, -0.15) is 0 Å². The highest BCUT2D eigenvalue weighted by Crippen LogP contribution is 2.22. The molecule has 4 nitrogen and oxygen atoms in total. The molecule has 0 heterocycles. The van der Waals surface area contributed by atoms with Crippen molar-refractivity contribution in [3.63, 3.8) is 0 Å². The van der Waals surface area contributed by atoms with Gasteiger partial charge in [0, 0.05) is 11.8 Å². The van der Waals surface area contributed by atoms with Gasteiger partial charge in [-0.1, -0.05) is 30.3 Å². The van der Waals surface area contributed by atoms with E-state index in [1.807, 2.05) is 37.3 Å². The molecule has 0 bridgehead atoms. The van der Waals surface area contributed by atoms with Crippen molar-refractivity contribution in [2.75, 3.05) is 7.11 Å². The highest BCUT2D eigenvalue weighted by atomic mass is 16.5. The zero-order valence-electron chi connectivity index (χ0n) is 12.1.